The molecule has 204 valence electrons. The molecule has 0 unspecified atom stereocenters. The van der Waals surface area contributed by atoms with Crippen LogP contribution in [0.2, 0.25) is 0 Å². The van der Waals surface area contributed by atoms with Crippen molar-refractivity contribution in [2.75, 3.05) is 6.61 Å². The molecule has 6 nitrogen and oxygen atoms in total. The number of nitrogens with zero attached hydrogens (tertiary/aromatic N) is 1. The molecule has 0 fully saturated rings. The van der Waals surface area contributed by atoms with Crippen LogP contribution in [0.1, 0.15) is 33.7 Å². The quantitative estimate of drug-likeness (QED) is 0.0606. The molecule has 3 aromatic carbocycles. The monoisotopic (exact) mass is 559 g/mol. The van der Waals surface area contributed by atoms with Crippen LogP contribution in [-0.4, -0.2) is 22.6 Å². The zero-order valence-electron chi connectivity index (χ0n) is 20.6. The molecule has 1 heterocycles. The van der Waals surface area contributed by atoms with Gasteiger partial charge in [0.1, 0.15) is 23.2 Å². The number of aromatic nitrogens is 1. The highest BCUT2D eigenvalue weighted by Gasteiger charge is 2.30. The summed E-state index contributed by atoms with van der Waals surface area (Å²) in [7, 11) is 0. The molecule has 0 aliphatic rings. The zero-order chi connectivity index (χ0) is 27.8. The van der Waals surface area contributed by atoms with Crippen LogP contribution in [0.5, 0.6) is 5.75 Å². The van der Waals surface area contributed by atoms with Gasteiger partial charge in [-0.2, -0.15) is 13.2 Å². The molecule has 0 radical (unpaired) electrons. The normalized spacial score (nSPS) is 11.4. The van der Waals surface area contributed by atoms with Gasteiger partial charge in [-0.1, -0.05) is 42.5 Å². The van der Waals surface area contributed by atoms with Crippen molar-refractivity contribution >= 4 is 17.2 Å². The summed E-state index contributed by atoms with van der Waals surface area (Å²) in [5.74, 6) is -1.02. The molecule has 4 rings (SSSR count). The molecule has 39 heavy (non-hydrogen) atoms. The van der Waals surface area contributed by atoms with Crippen molar-refractivity contribution < 1.29 is 32.2 Å². The minimum Gasteiger partial charge on any atom is -0.488 e. The van der Waals surface area contributed by atoms with Crippen molar-refractivity contribution in [1.82, 2.24) is 10.5 Å². The first-order chi connectivity index (χ1) is 18.7. The standard InChI is InChI=1S/C28H25F4N3O3S/c29-23-15-21(12-13-22(23)26(33)35-36)38-17-25-24(7-4-14-37-16-18-5-2-1-3-6-18)34-27(39-25)19-8-10-20(11-9-19)28(30,31)32/h1-3,5-6,8-13,15,36H,4,7,14,16-17H2,(H2,33,35). The highest BCUT2D eigenvalue weighted by atomic mass is 32.1. The Balaban J connectivity index is 1.47. The maximum Gasteiger partial charge on any atom is 0.416 e. The molecule has 4 aromatic rings. The van der Waals surface area contributed by atoms with Crippen LogP contribution in [0, 0.1) is 11.2 Å². The maximum absolute atomic E-state index is 14.3. The number of nitrogens with one attached hydrogen (secondary N) is 2. The number of halogens is 4. The fourth-order valence-electron chi connectivity index (χ4n) is 3.72. The average molecular weight is 560 g/mol. The Morgan fingerprint density at radius 1 is 1.00 bits per heavy atom. The fraction of sp³-hybridized carbons (Fsp3) is 0.214. The van der Waals surface area contributed by atoms with Crippen LogP contribution < -0.4 is 10.2 Å². The highest BCUT2D eigenvalue weighted by molar-refractivity contribution is 7.15. The summed E-state index contributed by atoms with van der Waals surface area (Å²) in [5.41, 5.74) is 3.07. The highest BCUT2D eigenvalue weighted by Crippen LogP contribution is 2.34. The minimum atomic E-state index is -4.43. The van der Waals surface area contributed by atoms with Gasteiger partial charge in [-0.25, -0.2) is 9.37 Å². The van der Waals surface area contributed by atoms with Crippen molar-refractivity contribution in [2.24, 2.45) is 0 Å². The number of amidine groups is 1. The van der Waals surface area contributed by atoms with Gasteiger partial charge in [-0.15, -0.1) is 11.3 Å². The van der Waals surface area contributed by atoms with E-state index in [-0.39, 0.29) is 17.9 Å². The van der Waals surface area contributed by atoms with Gasteiger partial charge >= 0.3 is 6.18 Å². The van der Waals surface area contributed by atoms with Crippen molar-refractivity contribution in [3.63, 3.8) is 0 Å². The summed E-state index contributed by atoms with van der Waals surface area (Å²) >= 11 is 1.29. The van der Waals surface area contributed by atoms with Gasteiger partial charge in [0, 0.05) is 18.2 Å². The molecular formula is C28H25F4N3O3S. The van der Waals surface area contributed by atoms with E-state index in [4.69, 9.17) is 20.1 Å². The third-order valence-corrected chi connectivity index (χ3v) is 6.86. The number of thiazole rings is 1. The van der Waals surface area contributed by atoms with Gasteiger partial charge in [0.25, 0.3) is 0 Å². The van der Waals surface area contributed by atoms with E-state index in [1.807, 2.05) is 30.3 Å². The van der Waals surface area contributed by atoms with Crippen LogP contribution in [0.15, 0.2) is 72.8 Å². The van der Waals surface area contributed by atoms with Crippen LogP contribution in [-0.2, 0) is 30.5 Å². The van der Waals surface area contributed by atoms with Gasteiger partial charge in [0.2, 0.25) is 0 Å². The van der Waals surface area contributed by atoms with E-state index in [9.17, 15) is 17.6 Å². The average Bonchev–Trinajstić information content (AvgIpc) is 3.34. The third kappa shape index (κ3) is 7.62. The smallest absolute Gasteiger partial charge is 0.416 e. The molecule has 1 aromatic heterocycles. The number of hydrogen-bond donors (Lipinski definition) is 3. The Morgan fingerprint density at radius 3 is 2.41 bits per heavy atom. The van der Waals surface area contributed by atoms with E-state index in [1.54, 1.807) is 5.48 Å². The Morgan fingerprint density at radius 2 is 1.74 bits per heavy atom. The first-order valence-corrected chi connectivity index (χ1v) is 12.8. The zero-order valence-corrected chi connectivity index (χ0v) is 21.4. The molecule has 0 aliphatic carbocycles. The molecule has 0 bridgehead atoms. The number of aryl methyl sites for hydroxylation is 1. The molecule has 0 aliphatic heterocycles. The summed E-state index contributed by atoms with van der Waals surface area (Å²) in [5, 5.41) is 16.9. The molecule has 0 atom stereocenters. The lowest BCUT2D eigenvalue weighted by molar-refractivity contribution is -0.137. The second-order valence-electron chi connectivity index (χ2n) is 8.52. The molecular weight excluding hydrogens is 534 g/mol. The summed E-state index contributed by atoms with van der Waals surface area (Å²) in [4.78, 5) is 5.42. The van der Waals surface area contributed by atoms with Crippen LogP contribution in [0.3, 0.4) is 0 Å². The SMILES string of the molecule is N=C(NO)c1ccc(OCc2sc(-c3ccc(C(F)(F)F)cc3)nc2CCCOCc2ccccc2)cc1F. The molecule has 0 spiro atoms. The van der Waals surface area contributed by atoms with Gasteiger partial charge in [0.05, 0.1) is 28.3 Å². The van der Waals surface area contributed by atoms with Gasteiger partial charge in [0.15, 0.2) is 5.84 Å². The maximum atomic E-state index is 14.3. The van der Waals surface area contributed by atoms with Gasteiger partial charge in [-0.05, 0) is 42.7 Å². The minimum absolute atomic E-state index is 0.0625. The number of ether oxygens (including phenoxy) is 2. The largest absolute Gasteiger partial charge is 0.488 e. The Labute approximate surface area is 226 Å². The van der Waals surface area contributed by atoms with E-state index >= 15 is 0 Å². The second kappa shape index (κ2) is 12.8. The lowest BCUT2D eigenvalue weighted by atomic mass is 10.1. The molecule has 11 heteroatoms. The second-order valence-corrected chi connectivity index (χ2v) is 9.61. The summed E-state index contributed by atoms with van der Waals surface area (Å²) in [6.45, 7) is 1.03. The lowest BCUT2D eigenvalue weighted by Gasteiger charge is -2.09. The van der Waals surface area contributed by atoms with E-state index < -0.39 is 23.4 Å². The fourth-order valence-corrected chi connectivity index (χ4v) is 4.75. The molecule has 0 saturated carbocycles. The number of alkyl halides is 3. The summed E-state index contributed by atoms with van der Waals surface area (Å²) < 4.78 is 64.8. The van der Waals surface area contributed by atoms with Crippen LogP contribution in [0.4, 0.5) is 17.6 Å². The Hall–Kier alpha value is -3.80. The number of rotatable bonds is 11. The third-order valence-electron chi connectivity index (χ3n) is 5.74. The Kier molecular flexibility index (Phi) is 9.28. The van der Waals surface area contributed by atoms with Gasteiger partial charge < -0.3 is 9.47 Å². The number of hydrogen-bond acceptors (Lipinski definition) is 6. The Bertz CT molecular complexity index is 1390. The van der Waals surface area contributed by atoms with Crippen molar-refractivity contribution in [2.45, 2.75) is 32.2 Å². The van der Waals surface area contributed by atoms with E-state index in [0.717, 1.165) is 34.3 Å². The van der Waals surface area contributed by atoms with E-state index in [2.05, 4.69) is 4.98 Å². The molecule has 0 saturated heterocycles. The predicted molar refractivity (Wildman–Crippen MR) is 139 cm³/mol. The van der Waals surface area contributed by atoms with E-state index in [0.29, 0.717) is 36.6 Å². The molecule has 0 amide bonds. The first kappa shape index (κ1) is 28.2. The number of hydroxylamine groups is 1. The lowest BCUT2D eigenvalue weighted by Crippen LogP contribution is -2.20. The topological polar surface area (TPSA) is 87.5 Å². The summed E-state index contributed by atoms with van der Waals surface area (Å²) in [6, 6.07) is 18.5. The van der Waals surface area contributed by atoms with E-state index in [1.165, 1.54) is 35.6 Å². The molecule has 3 N–H and O–H groups in total. The predicted octanol–water partition coefficient (Wildman–Crippen LogP) is 7.00. The first-order valence-electron chi connectivity index (χ1n) is 11.9. The van der Waals surface area contributed by atoms with Crippen molar-refractivity contribution in [1.29, 1.82) is 5.41 Å². The van der Waals surface area contributed by atoms with Gasteiger partial charge in [-0.3, -0.25) is 16.1 Å². The number of benzene rings is 3. The van der Waals surface area contributed by atoms with Crippen molar-refractivity contribution in [3.8, 4) is 16.3 Å². The summed E-state index contributed by atoms with van der Waals surface area (Å²) in [6.07, 6.45) is -3.21. The van der Waals surface area contributed by atoms with Crippen LogP contribution >= 0.6 is 11.3 Å². The van der Waals surface area contributed by atoms with Crippen molar-refractivity contribution in [3.05, 3.63) is 106 Å². The van der Waals surface area contributed by atoms with Crippen LogP contribution in [0.25, 0.3) is 10.6 Å².